The summed E-state index contributed by atoms with van der Waals surface area (Å²) in [5.41, 5.74) is 2.14. The zero-order chi connectivity index (χ0) is 14.5. The highest BCUT2D eigenvalue weighted by Gasteiger charge is 2.20. The molecule has 0 saturated carbocycles. The van der Waals surface area contributed by atoms with Crippen molar-refractivity contribution in [3.8, 4) is 5.75 Å². The molecule has 5 heteroatoms. The molecule has 0 radical (unpaired) electrons. The van der Waals surface area contributed by atoms with Crippen molar-refractivity contribution in [3.05, 3.63) is 46.7 Å². The summed E-state index contributed by atoms with van der Waals surface area (Å²) in [5, 5.41) is 8.47. The third-order valence-corrected chi connectivity index (χ3v) is 3.55. The van der Waals surface area contributed by atoms with Gasteiger partial charge in [-0.3, -0.25) is 4.68 Å². The van der Waals surface area contributed by atoms with E-state index in [0.29, 0.717) is 5.02 Å². The Labute approximate surface area is 124 Å². The average molecular weight is 294 g/mol. The maximum atomic E-state index is 6.31. The molecule has 0 spiro atoms. The summed E-state index contributed by atoms with van der Waals surface area (Å²) in [7, 11) is 1.67. The van der Waals surface area contributed by atoms with Gasteiger partial charge in [-0.05, 0) is 31.2 Å². The summed E-state index contributed by atoms with van der Waals surface area (Å²) in [5.74, 6) is 0.846. The number of ether oxygens (including phenoxy) is 1. The Hall–Kier alpha value is -1.52. The van der Waals surface area contributed by atoms with E-state index >= 15 is 0 Å². The molecule has 2 rings (SSSR count). The molecule has 0 aliphatic rings. The van der Waals surface area contributed by atoms with Crippen molar-refractivity contribution in [2.75, 3.05) is 13.7 Å². The Morgan fingerprint density at radius 3 is 2.55 bits per heavy atom. The highest BCUT2D eigenvalue weighted by Crippen LogP contribution is 2.29. The molecule has 1 aromatic carbocycles. The van der Waals surface area contributed by atoms with Crippen molar-refractivity contribution in [2.24, 2.45) is 0 Å². The van der Waals surface area contributed by atoms with Crippen LogP contribution in [0.4, 0.5) is 0 Å². The Kier molecular flexibility index (Phi) is 5.04. The van der Waals surface area contributed by atoms with E-state index in [-0.39, 0.29) is 6.04 Å². The predicted octanol–water partition coefficient (Wildman–Crippen LogP) is 3.26. The van der Waals surface area contributed by atoms with E-state index in [1.165, 1.54) is 0 Å². The first kappa shape index (κ1) is 14.9. The van der Waals surface area contributed by atoms with Gasteiger partial charge < -0.3 is 10.1 Å². The van der Waals surface area contributed by atoms with Crippen LogP contribution in [0.1, 0.15) is 31.1 Å². The molecule has 1 N–H and O–H groups in total. The Morgan fingerprint density at radius 1 is 1.30 bits per heavy atom. The van der Waals surface area contributed by atoms with Crippen LogP contribution in [0.5, 0.6) is 5.75 Å². The van der Waals surface area contributed by atoms with E-state index in [9.17, 15) is 0 Å². The largest absolute Gasteiger partial charge is 0.497 e. The van der Waals surface area contributed by atoms with Crippen LogP contribution in [0, 0.1) is 0 Å². The molecule has 0 fully saturated rings. The van der Waals surface area contributed by atoms with Gasteiger partial charge in [-0.1, -0.05) is 30.7 Å². The van der Waals surface area contributed by atoms with Crippen LogP contribution in [-0.2, 0) is 6.54 Å². The zero-order valence-corrected chi connectivity index (χ0v) is 12.8. The fourth-order valence-electron chi connectivity index (χ4n) is 2.28. The van der Waals surface area contributed by atoms with E-state index in [1.54, 1.807) is 13.3 Å². The molecule has 1 atom stereocenters. The fourth-order valence-corrected chi connectivity index (χ4v) is 2.53. The van der Waals surface area contributed by atoms with Gasteiger partial charge in [-0.25, -0.2) is 0 Å². The van der Waals surface area contributed by atoms with Crippen molar-refractivity contribution < 1.29 is 4.74 Å². The van der Waals surface area contributed by atoms with Crippen LogP contribution < -0.4 is 10.1 Å². The van der Waals surface area contributed by atoms with Crippen molar-refractivity contribution in [3.63, 3.8) is 0 Å². The molecule has 0 amide bonds. The number of nitrogens with one attached hydrogen (secondary N) is 1. The van der Waals surface area contributed by atoms with Crippen LogP contribution >= 0.6 is 11.6 Å². The maximum Gasteiger partial charge on any atom is 0.118 e. The molecule has 1 heterocycles. The van der Waals surface area contributed by atoms with E-state index in [1.807, 2.05) is 16.8 Å². The summed E-state index contributed by atoms with van der Waals surface area (Å²) >= 11 is 6.31. The lowest BCUT2D eigenvalue weighted by Gasteiger charge is -2.20. The van der Waals surface area contributed by atoms with Crippen molar-refractivity contribution >= 4 is 11.6 Å². The van der Waals surface area contributed by atoms with Crippen LogP contribution in [0.3, 0.4) is 0 Å². The summed E-state index contributed by atoms with van der Waals surface area (Å²) in [6.45, 7) is 5.78. The SMILES string of the molecule is CCNC(c1ccc(OC)cc1)c1c(Cl)cnn1CC. The Morgan fingerprint density at radius 2 is 2.00 bits per heavy atom. The predicted molar refractivity (Wildman–Crippen MR) is 81.4 cm³/mol. The quantitative estimate of drug-likeness (QED) is 0.888. The second-order valence-corrected chi connectivity index (χ2v) is 4.86. The smallest absolute Gasteiger partial charge is 0.118 e. The Balaban J connectivity index is 2.41. The molecular formula is C15H20ClN3O. The van der Waals surface area contributed by atoms with Crippen LogP contribution in [0.2, 0.25) is 5.02 Å². The third-order valence-electron chi connectivity index (χ3n) is 3.26. The molecule has 0 aliphatic carbocycles. The van der Waals surface area contributed by atoms with Crippen molar-refractivity contribution in [1.29, 1.82) is 0 Å². The third kappa shape index (κ3) is 2.97. The number of hydrogen-bond donors (Lipinski definition) is 1. The van der Waals surface area contributed by atoms with Gasteiger partial charge in [0.15, 0.2) is 0 Å². The minimum Gasteiger partial charge on any atom is -0.497 e. The molecule has 0 saturated heterocycles. The van der Waals surface area contributed by atoms with Gasteiger partial charge in [0.1, 0.15) is 5.75 Å². The monoisotopic (exact) mass is 293 g/mol. The van der Waals surface area contributed by atoms with Gasteiger partial charge in [-0.2, -0.15) is 5.10 Å². The molecule has 0 bridgehead atoms. The molecular weight excluding hydrogens is 274 g/mol. The van der Waals surface area contributed by atoms with Crippen LogP contribution in [0.15, 0.2) is 30.5 Å². The van der Waals surface area contributed by atoms with E-state index in [4.69, 9.17) is 16.3 Å². The second kappa shape index (κ2) is 6.77. The minimum absolute atomic E-state index is 0.0286. The number of methoxy groups -OCH3 is 1. The van der Waals surface area contributed by atoms with Crippen molar-refractivity contribution in [1.82, 2.24) is 15.1 Å². The lowest BCUT2D eigenvalue weighted by molar-refractivity contribution is 0.414. The standard InChI is InChI=1S/C15H20ClN3O/c1-4-17-14(11-6-8-12(20-3)9-7-11)15-13(16)10-18-19(15)5-2/h6-10,14,17H,4-5H2,1-3H3. The number of halogens is 1. The van der Waals surface area contributed by atoms with E-state index in [2.05, 4.69) is 36.4 Å². The highest BCUT2D eigenvalue weighted by atomic mass is 35.5. The average Bonchev–Trinajstić information content (AvgIpc) is 2.86. The lowest BCUT2D eigenvalue weighted by atomic mass is 10.0. The summed E-state index contributed by atoms with van der Waals surface area (Å²) in [6, 6.07) is 8.05. The molecule has 108 valence electrons. The highest BCUT2D eigenvalue weighted by molar-refractivity contribution is 6.31. The lowest BCUT2D eigenvalue weighted by Crippen LogP contribution is -2.25. The number of aryl methyl sites for hydroxylation is 1. The maximum absolute atomic E-state index is 6.31. The van der Waals surface area contributed by atoms with Gasteiger partial charge in [-0.15, -0.1) is 0 Å². The summed E-state index contributed by atoms with van der Waals surface area (Å²) in [6.07, 6.45) is 1.70. The number of aromatic nitrogens is 2. The van der Waals surface area contributed by atoms with Crippen molar-refractivity contribution in [2.45, 2.75) is 26.4 Å². The van der Waals surface area contributed by atoms with Crippen LogP contribution in [0.25, 0.3) is 0 Å². The number of nitrogens with zero attached hydrogens (tertiary/aromatic N) is 2. The number of hydrogen-bond acceptors (Lipinski definition) is 3. The first-order chi connectivity index (χ1) is 9.71. The number of rotatable bonds is 6. The van der Waals surface area contributed by atoms with Gasteiger partial charge in [0, 0.05) is 6.54 Å². The second-order valence-electron chi connectivity index (χ2n) is 4.46. The van der Waals surface area contributed by atoms with E-state index < -0.39 is 0 Å². The van der Waals surface area contributed by atoms with Gasteiger partial charge in [0.05, 0.1) is 30.1 Å². The molecule has 4 nitrogen and oxygen atoms in total. The van der Waals surface area contributed by atoms with Gasteiger partial charge in [0.2, 0.25) is 0 Å². The number of benzene rings is 1. The van der Waals surface area contributed by atoms with Gasteiger partial charge in [0.25, 0.3) is 0 Å². The summed E-state index contributed by atoms with van der Waals surface area (Å²) < 4.78 is 7.13. The van der Waals surface area contributed by atoms with E-state index in [0.717, 1.165) is 30.1 Å². The van der Waals surface area contributed by atoms with Gasteiger partial charge >= 0.3 is 0 Å². The topological polar surface area (TPSA) is 39.1 Å². The molecule has 1 aromatic heterocycles. The molecule has 20 heavy (non-hydrogen) atoms. The normalized spacial score (nSPS) is 12.4. The van der Waals surface area contributed by atoms with Crippen LogP contribution in [-0.4, -0.2) is 23.4 Å². The molecule has 1 unspecified atom stereocenters. The Bertz CT molecular complexity index is 551. The fraction of sp³-hybridized carbons (Fsp3) is 0.400. The summed E-state index contributed by atoms with van der Waals surface area (Å²) in [4.78, 5) is 0. The zero-order valence-electron chi connectivity index (χ0n) is 12.1. The first-order valence-electron chi connectivity index (χ1n) is 6.79. The molecule has 2 aromatic rings. The minimum atomic E-state index is 0.0286. The molecule has 0 aliphatic heterocycles. The first-order valence-corrected chi connectivity index (χ1v) is 7.17.